The lowest BCUT2D eigenvalue weighted by molar-refractivity contribution is 0.275. The number of rotatable bonds is 7. The lowest BCUT2D eigenvalue weighted by Gasteiger charge is -2.09. The van der Waals surface area contributed by atoms with Crippen LogP contribution in [0.4, 0.5) is 4.39 Å². The fourth-order valence-corrected chi connectivity index (χ4v) is 4.37. The third kappa shape index (κ3) is 3.87. The van der Waals surface area contributed by atoms with E-state index in [9.17, 15) is 4.39 Å². The van der Waals surface area contributed by atoms with Gasteiger partial charge in [-0.2, -0.15) is 5.10 Å². The molecule has 3 aromatic heterocycles. The smallest absolute Gasteiger partial charge is 0.197 e. The number of halogens is 2. The van der Waals surface area contributed by atoms with Gasteiger partial charge in [0, 0.05) is 13.6 Å². The van der Waals surface area contributed by atoms with Crippen molar-refractivity contribution < 1.29 is 9.13 Å². The molecular weight excluding hydrogens is 461 g/mol. The van der Waals surface area contributed by atoms with E-state index in [1.807, 2.05) is 11.6 Å². The average molecular weight is 476 g/mol. The molecule has 0 spiro atoms. The lowest BCUT2D eigenvalue weighted by Crippen LogP contribution is -2.08. The van der Waals surface area contributed by atoms with Gasteiger partial charge < -0.3 is 4.74 Å². The van der Waals surface area contributed by atoms with E-state index in [-0.39, 0.29) is 12.4 Å². The molecule has 0 radical (unpaired) electrons. The molecule has 0 aliphatic rings. The lowest BCUT2D eigenvalue weighted by atomic mass is 10.3. The minimum atomic E-state index is -0.429. The molecule has 0 aliphatic heterocycles. The molecule has 4 aromatic rings. The summed E-state index contributed by atoms with van der Waals surface area (Å²) < 4.78 is 23.6. The van der Waals surface area contributed by atoms with Gasteiger partial charge in [0.15, 0.2) is 28.2 Å². The van der Waals surface area contributed by atoms with Crippen LogP contribution in [0.3, 0.4) is 0 Å². The number of aryl methyl sites for hydroxylation is 1. The summed E-state index contributed by atoms with van der Waals surface area (Å²) in [4.78, 5) is 8.64. The normalized spacial score (nSPS) is 11.1. The van der Waals surface area contributed by atoms with Gasteiger partial charge in [-0.25, -0.2) is 19.0 Å². The molecule has 29 heavy (non-hydrogen) atoms. The number of fused-ring (bicyclic) bond motifs is 1. The molecule has 0 bridgehead atoms. The van der Waals surface area contributed by atoms with Crippen molar-refractivity contribution in [2.75, 3.05) is 0 Å². The monoisotopic (exact) mass is 475 g/mol. The van der Waals surface area contributed by atoms with Crippen molar-refractivity contribution in [3.8, 4) is 5.75 Å². The molecule has 0 amide bonds. The fraction of sp³-hybridized carbons (Fsp3) is 0.167. The van der Waals surface area contributed by atoms with E-state index in [1.54, 1.807) is 29.0 Å². The van der Waals surface area contributed by atoms with Crippen molar-refractivity contribution in [1.29, 1.82) is 0 Å². The standard InChI is InChI=1S/C18H15BrFN7OS/c1-3-8-27-13(9-28-12-7-5-4-6-11(12)20)23-24-18(27)29-17-14-15(19)25-26(2)16(14)21-10-22-17/h3-7,10H,1,8-9H2,2H3. The second kappa shape index (κ2) is 8.29. The van der Waals surface area contributed by atoms with E-state index in [0.29, 0.717) is 32.8 Å². The van der Waals surface area contributed by atoms with Gasteiger partial charge in [0.1, 0.15) is 22.6 Å². The first-order chi connectivity index (χ1) is 14.1. The van der Waals surface area contributed by atoms with Crippen LogP contribution in [-0.4, -0.2) is 34.5 Å². The summed E-state index contributed by atoms with van der Waals surface area (Å²) in [6.07, 6.45) is 3.21. The fourth-order valence-electron chi connectivity index (χ4n) is 2.70. The van der Waals surface area contributed by atoms with Crippen LogP contribution in [0.1, 0.15) is 5.82 Å². The quantitative estimate of drug-likeness (QED) is 0.297. The van der Waals surface area contributed by atoms with Crippen LogP contribution in [0.5, 0.6) is 5.75 Å². The zero-order chi connectivity index (χ0) is 20.4. The second-order valence-electron chi connectivity index (χ2n) is 5.91. The number of para-hydroxylation sites is 1. The van der Waals surface area contributed by atoms with Crippen LogP contribution in [0.25, 0.3) is 11.0 Å². The highest BCUT2D eigenvalue weighted by atomic mass is 79.9. The van der Waals surface area contributed by atoms with E-state index in [2.05, 4.69) is 47.8 Å². The van der Waals surface area contributed by atoms with Crippen LogP contribution < -0.4 is 4.74 Å². The molecule has 0 unspecified atom stereocenters. The summed E-state index contributed by atoms with van der Waals surface area (Å²) >= 11 is 4.79. The predicted octanol–water partition coefficient (Wildman–Crippen LogP) is 3.77. The van der Waals surface area contributed by atoms with Crippen LogP contribution in [0.15, 0.2) is 58.0 Å². The maximum absolute atomic E-state index is 13.8. The first-order valence-corrected chi connectivity index (χ1v) is 10.1. The minimum absolute atomic E-state index is 0.0676. The number of benzene rings is 1. The van der Waals surface area contributed by atoms with Crippen LogP contribution in [0, 0.1) is 5.82 Å². The Bertz CT molecular complexity index is 1190. The molecule has 0 N–H and O–H groups in total. The van der Waals surface area contributed by atoms with Gasteiger partial charge in [0.05, 0.1) is 5.39 Å². The van der Waals surface area contributed by atoms with E-state index >= 15 is 0 Å². The summed E-state index contributed by atoms with van der Waals surface area (Å²) in [5.74, 6) is 0.277. The van der Waals surface area contributed by atoms with Crippen molar-refractivity contribution in [2.24, 2.45) is 7.05 Å². The summed E-state index contributed by atoms with van der Waals surface area (Å²) in [5.41, 5.74) is 0.701. The zero-order valence-electron chi connectivity index (χ0n) is 15.3. The highest BCUT2D eigenvalue weighted by molar-refractivity contribution is 9.10. The van der Waals surface area contributed by atoms with Gasteiger partial charge in [-0.3, -0.25) is 4.57 Å². The molecule has 0 fully saturated rings. The summed E-state index contributed by atoms with van der Waals surface area (Å²) in [6, 6.07) is 6.23. The Morgan fingerprint density at radius 2 is 2.10 bits per heavy atom. The largest absolute Gasteiger partial charge is 0.483 e. The third-order valence-electron chi connectivity index (χ3n) is 4.03. The van der Waals surface area contributed by atoms with E-state index in [4.69, 9.17) is 4.74 Å². The Hall–Kier alpha value is -2.79. The maximum atomic E-state index is 13.8. The van der Waals surface area contributed by atoms with Crippen LogP contribution in [-0.2, 0) is 20.2 Å². The van der Waals surface area contributed by atoms with E-state index < -0.39 is 5.82 Å². The SMILES string of the molecule is C=CCn1c(COc2ccccc2F)nnc1Sc1ncnc2c1c(Br)nn2C. The highest BCUT2D eigenvalue weighted by Crippen LogP contribution is 2.34. The molecule has 11 heteroatoms. The molecule has 0 saturated carbocycles. The minimum Gasteiger partial charge on any atom is -0.483 e. The number of nitrogens with zero attached hydrogens (tertiary/aromatic N) is 7. The summed E-state index contributed by atoms with van der Waals surface area (Å²) in [5, 5.41) is 14.9. The Labute approximate surface area is 178 Å². The van der Waals surface area contributed by atoms with Gasteiger partial charge in [0.25, 0.3) is 0 Å². The first-order valence-electron chi connectivity index (χ1n) is 8.50. The van der Waals surface area contributed by atoms with Crippen molar-refractivity contribution in [1.82, 2.24) is 34.5 Å². The second-order valence-corrected chi connectivity index (χ2v) is 7.62. The van der Waals surface area contributed by atoms with Crippen molar-refractivity contribution >= 4 is 38.7 Å². The number of ether oxygens (including phenoxy) is 1. The van der Waals surface area contributed by atoms with Gasteiger partial charge >= 0.3 is 0 Å². The summed E-state index contributed by atoms with van der Waals surface area (Å²) in [7, 11) is 1.81. The van der Waals surface area contributed by atoms with E-state index in [1.165, 1.54) is 24.2 Å². The number of aromatic nitrogens is 7. The maximum Gasteiger partial charge on any atom is 0.197 e. The number of allylic oxidation sites excluding steroid dienone is 1. The molecule has 4 rings (SSSR count). The Kier molecular flexibility index (Phi) is 5.58. The zero-order valence-corrected chi connectivity index (χ0v) is 17.7. The highest BCUT2D eigenvalue weighted by Gasteiger charge is 2.19. The molecular formula is C18H15BrFN7OS. The molecule has 3 heterocycles. The van der Waals surface area contributed by atoms with Crippen LogP contribution >= 0.6 is 27.7 Å². The van der Waals surface area contributed by atoms with Crippen LogP contribution in [0.2, 0.25) is 0 Å². The molecule has 1 aromatic carbocycles. The first kappa shape index (κ1) is 19.5. The van der Waals surface area contributed by atoms with Crippen molar-refractivity contribution in [2.45, 2.75) is 23.3 Å². The molecule has 0 aliphatic carbocycles. The molecule has 0 saturated heterocycles. The van der Waals surface area contributed by atoms with Gasteiger partial charge in [0.2, 0.25) is 0 Å². The number of hydrogen-bond acceptors (Lipinski definition) is 7. The topological polar surface area (TPSA) is 83.5 Å². The van der Waals surface area contributed by atoms with Crippen molar-refractivity contribution in [3.05, 3.63) is 59.5 Å². The molecule has 148 valence electrons. The Morgan fingerprint density at radius 3 is 2.90 bits per heavy atom. The molecule has 0 atom stereocenters. The van der Waals surface area contributed by atoms with Crippen molar-refractivity contribution in [3.63, 3.8) is 0 Å². The number of hydrogen-bond donors (Lipinski definition) is 0. The van der Waals surface area contributed by atoms with Gasteiger partial charge in [-0.05, 0) is 39.8 Å². The Morgan fingerprint density at radius 1 is 1.28 bits per heavy atom. The van der Waals surface area contributed by atoms with Gasteiger partial charge in [-0.15, -0.1) is 16.8 Å². The summed E-state index contributed by atoms with van der Waals surface area (Å²) in [6.45, 7) is 4.33. The average Bonchev–Trinajstić information content (AvgIpc) is 3.22. The predicted molar refractivity (Wildman–Crippen MR) is 109 cm³/mol. The third-order valence-corrected chi connectivity index (χ3v) is 5.57. The molecule has 8 nitrogen and oxygen atoms in total. The Balaban J connectivity index is 1.64. The van der Waals surface area contributed by atoms with E-state index in [0.717, 1.165) is 5.39 Å². The van der Waals surface area contributed by atoms with Gasteiger partial charge in [-0.1, -0.05) is 18.2 Å².